The summed E-state index contributed by atoms with van der Waals surface area (Å²) in [6, 6.07) is 15.5. The summed E-state index contributed by atoms with van der Waals surface area (Å²) in [4.78, 5) is 6.03. The summed E-state index contributed by atoms with van der Waals surface area (Å²) in [5, 5.41) is 6.35. The molecule has 1 aliphatic heterocycles. The fourth-order valence-electron chi connectivity index (χ4n) is 4.29. The van der Waals surface area contributed by atoms with Crippen LogP contribution in [0.1, 0.15) is 68.5 Å². The van der Waals surface area contributed by atoms with Crippen LogP contribution in [0.15, 0.2) is 42.5 Å². The number of hydrogen-bond acceptors (Lipinski definition) is 1. The molecule has 0 radical (unpaired) electrons. The number of nitrogens with zero attached hydrogens (tertiary/aromatic N) is 1. The second-order valence-corrected chi connectivity index (χ2v) is 9.46. The Balaban J connectivity index is 1.81. The Morgan fingerprint density at radius 1 is 1.20 bits per heavy atom. The van der Waals surface area contributed by atoms with Crippen LogP contribution in [0, 0.1) is 0 Å². The highest BCUT2D eigenvalue weighted by molar-refractivity contribution is 7.80. The lowest BCUT2D eigenvalue weighted by atomic mass is 9.91. The van der Waals surface area contributed by atoms with Gasteiger partial charge < -0.3 is 15.2 Å². The summed E-state index contributed by atoms with van der Waals surface area (Å²) < 4.78 is 0. The quantitative estimate of drug-likeness (QED) is 0.451. The van der Waals surface area contributed by atoms with E-state index in [1.165, 1.54) is 27.8 Å². The zero-order valence-electron chi connectivity index (χ0n) is 18.1. The van der Waals surface area contributed by atoms with Crippen molar-refractivity contribution >= 4 is 39.8 Å². The molecule has 2 unspecified atom stereocenters. The largest absolute Gasteiger partial charge is 0.360 e. The van der Waals surface area contributed by atoms with Gasteiger partial charge in [-0.25, -0.2) is 0 Å². The van der Waals surface area contributed by atoms with E-state index in [4.69, 9.17) is 23.8 Å². The third kappa shape index (κ3) is 3.95. The Kier molecular flexibility index (Phi) is 6.08. The molecule has 1 aliphatic rings. The molecule has 3 nitrogen and oxygen atoms in total. The SMILES string of the molecule is CCC(C)NC(=S)N1CCc2c([nH]c3ccc(Cl)cc23)C1c1ccc(C(C)C)cc1. The molecule has 2 heterocycles. The van der Waals surface area contributed by atoms with Crippen molar-refractivity contribution in [2.45, 2.75) is 58.5 Å². The zero-order chi connectivity index (χ0) is 21.4. The highest BCUT2D eigenvalue weighted by atomic mass is 35.5. The standard InChI is InChI=1S/C25H30ClN3S/c1-5-16(4)27-25(30)29-13-12-20-21-14-19(26)10-11-22(21)28-23(20)24(29)18-8-6-17(7-9-18)15(2)3/h6-11,14-16,24,28H,5,12-13H2,1-4H3,(H,27,30). The van der Waals surface area contributed by atoms with E-state index < -0.39 is 0 Å². The average Bonchev–Trinajstić information content (AvgIpc) is 3.10. The van der Waals surface area contributed by atoms with Gasteiger partial charge in [0.15, 0.2) is 5.11 Å². The van der Waals surface area contributed by atoms with Crippen LogP contribution in [0.2, 0.25) is 5.02 Å². The van der Waals surface area contributed by atoms with Gasteiger partial charge >= 0.3 is 0 Å². The Morgan fingerprint density at radius 2 is 1.93 bits per heavy atom. The van der Waals surface area contributed by atoms with Crippen LogP contribution in [-0.2, 0) is 6.42 Å². The maximum absolute atomic E-state index is 6.32. The molecule has 30 heavy (non-hydrogen) atoms. The number of H-pyrrole nitrogens is 1. The molecule has 4 rings (SSSR count). The minimum Gasteiger partial charge on any atom is -0.360 e. The van der Waals surface area contributed by atoms with Crippen molar-refractivity contribution in [3.05, 3.63) is 69.9 Å². The minimum atomic E-state index is 0.0604. The average molecular weight is 440 g/mol. The molecule has 1 aromatic heterocycles. The van der Waals surface area contributed by atoms with Crippen molar-refractivity contribution < 1.29 is 0 Å². The number of hydrogen-bond donors (Lipinski definition) is 2. The van der Waals surface area contributed by atoms with E-state index in [1.54, 1.807) is 0 Å². The van der Waals surface area contributed by atoms with Crippen LogP contribution in [0.25, 0.3) is 10.9 Å². The Labute approximate surface area is 189 Å². The summed E-state index contributed by atoms with van der Waals surface area (Å²) in [5.74, 6) is 0.514. The molecule has 158 valence electrons. The number of benzene rings is 2. The first-order valence-corrected chi connectivity index (χ1v) is 11.6. The first-order chi connectivity index (χ1) is 14.4. The number of aromatic amines is 1. The van der Waals surface area contributed by atoms with Crippen LogP contribution in [-0.4, -0.2) is 27.6 Å². The summed E-state index contributed by atoms with van der Waals surface area (Å²) >= 11 is 12.2. The number of nitrogens with one attached hydrogen (secondary N) is 2. The van der Waals surface area contributed by atoms with Crippen molar-refractivity contribution in [2.75, 3.05) is 6.54 Å². The van der Waals surface area contributed by atoms with E-state index in [-0.39, 0.29) is 6.04 Å². The number of fused-ring (bicyclic) bond motifs is 3. The van der Waals surface area contributed by atoms with Crippen molar-refractivity contribution in [1.29, 1.82) is 0 Å². The fraction of sp³-hybridized carbons (Fsp3) is 0.400. The lowest BCUT2D eigenvalue weighted by Gasteiger charge is -2.39. The first kappa shape index (κ1) is 21.2. The maximum atomic E-state index is 6.32. The molecular weight excluding hydrogens is 410 g/mol. The normalized spacial score (nSPS) is 17.3. The minimum absolute atomic E-state index is 0.0604. The summed E-state index contributed by atoms with van der Waals surface area (Å²) in [7, 11) is 0. The molecule has 0 saturated carbocycles. The molecule has 0 aliphatic carbocycles. The van der Waals surface area contributed by atoms with Crippen LogP contribution in [0.5, 0.6) is 0 Å². The molecular formula is C25H30ClN3S. The van der Waals surface area contributed by atoms with Crippen LogP contribution < -0.4 is 5.32 Å². The van der Waals surface area contributed by atoms with Gasteiger partial charge in [-0.15, -0.1) is 0 Å². The third-order valence-electron chi connectivity index (χ3n) is 6.25. The molecule has 5 heteroatoms. The number of aromatic nitrogens is 1. The van der Waals surface area contributed by atoms with Gasteiger partial charge in [0.25, 0.3) is 0 Å². The summed E-state index contributed by atoms with van der Waals surface area (Å²) in [6.07, 6.45) is 1.98. The van der Waals surface area contributed by atoms with Gasteiger partial charge in [0.05, 0.1) is 6.04 Å². The zero-order valence-corrected chi connectivity index (χ0v) is 19.7. The third-order valence-corrected chi connectivity index (χ3v) is 6.84. The molecule has 3 aromatic rings. The van der Waals surface area contributed by atoms with E-state index in [1.807, 2.05) is 6.07 Å². The van der Waals surface area contributed by atoms with Gasteiger partial charge in [-0.05, 0) is 72.8 Å². The van der Waals surface area contributed by atoms with Crippen LogP contribution in [0.3, 0.4) is 0 Å². The second kappa shape index (κ2) is 8.60. The van der Waals surface area contributed by atoms with E-state index >= 15 is 0 Å². The molecule has 0 saturated heterocycles. The van der Waals surface area contributed by atoms with Gasteiger partial charge in [0.2, 0.25) is 0 Å². The topological polar surface area (TPSA) is 31.1 Å². The summed E-state index contributed by atoms with van der Waals surface area (Å²) in [6.45, 7) is 9.70. The lowest BCUT2D eigenvalue weighted by molar-refractivity contribution is 0.326. The van der Waals surface area contributed by atoms with Gasteiger partial charge in [-0.1, -0.05) is 56.6 Å². The second-order valence-electron chi connectivity index (χ2n) is 8.63. The van der Waals surface area contributed by atoms with E-state index in [9.17, 15) is 0 Å². The maximum Gasteiger partial charge on any atom is 0.169 e. The number of rotatable bonds is 4. The Hall–Kier alpha value is -2.04. The smallest absolute Gasteiger partial charge is 0.169 e. The fourth-order valence-corrected chi connectivity index (χ4v) is 4.86. The molecule has 0 fully saturated rings. The summed E-state index contributed by atoms with van der Waals surface area (Å²) in [5.41, 5.74) is 6.32. The number of thiocarbonyl (C=S) groups is 1. The van der Waals surface area contributed by atoms with Gasteiger partial charge in [0, 0.05) is 34.2 Å². The van der Waals surface area contributed by atoms with Crippen molar-refractivity contribution in [2.24, 2.45) is 0 Å². The van der Waals surface area contributed by atoms with Crippen molar-refractivity contribution in [1.82, 2.24) is 15.2 Å². The highest BCUT2D eigenvalue weighted by Gasteiger charge is 2.33. The van der Waals surface area contributed by atoms with E-state index in [0.717, 1.165) is 35.0 Å². The Bertz CT molecular complexity index is 1050. The molecule has 0 bridgehead atoms. The predicted molar refractivity (Wildman–Crippen MR) is 132 cm³/mol. The van der Waals surface area contributed by atoms with Gasteiger partial charge in [-0.2, -0.15) is 0 Å². The van der Waals surface area contributed by atoms with E-state index in [0.29, 0.717) is 12.0 Å². The van der Waals surface area contributed by atoms with E-state index in [2.05, 4.69) is 79.3 Å². The molecule has 2 N–H and O–H groups in total. The van der Waals surface area contributed by atoms with Crippen LogP contribution >= 0.6 is 23.8 Å². The van der Waals surface area contributed by atoms with Crippen LogP contribution in [0.4, 0.5) is 0 Å². The highest BCUT2D eigenvalue weighted by Crippen LogP contribution is 2.39. The monoisotopic (exact) mass is 439 g/mol. The Morgan fingerprint density at radius 3 is 2.60 bits per heavy atom. The first-order valence-electron chi connectivity index (χ1n) is 10.9. The molecule has 2 aromatic carbocycles. The van der Waals surface area contributed by atoms with Crippen molar-refractivity contribution in [3.8, 4) is 0 Å². The van der Waals surface area contributed by atoms with Gasteiger partial charge in [0.1, 0.15) is 0 Å². The lowest BCUT2D eigenvalue weighted by Crippen LogP contribution is -2.48. The van der Waals surface area contributed by atoms with Gasteiger partial charge in [-0.3, -0.25) is 0 Å². The van der Waals surface area contributed by atoms with Crippen molar-refractivity contribution in [3.63, 3.8) is 0 Å². The molecule has 0 amide bonds. The number of halogens is 1. The molecule has 2 atom stereocenters. The predicted octanol–water partition coefficient (Wildman–Crippen LogP) is 6.57. The molecule has 0 spiro atoms.